The van der Waals surface area contributed by atoms with Gasteiger partial charge in [-0.2, -0.15) is 0 Å². The number of carbonyl (C=O) groups is 2. The van der Waals surface area contributed by atoms with Crippen LogP contribution in [0.3, 0.4) is 0 Å². The molecule has 2 amide bonds. The molecule has 2 aliphatic carbocycles. The minimum absolute atomic E-state index is 0.0601. The van der Waals surface area contributed by atoms with Crippen LogP contribution in [-0.2, 0) is 9.59 Å². The number of nitrogens with one attached hydrogen (secondary N) is 2. The fourth-order valence-electron chi connectivity index (χ4n) is 2.00. The van der Waals surface area contributed by atoms with E-state index in [1.807, 2.05) is 14.1 Å². The van der Waals surface area contributed by atoms with Crippen LogP contribution >= 0.6 is 0 Å². The second-order valence-corrected chi connectivity index (χ2v) is 5.74. The first-order valence-electron chi connectivity index (χ1n) is 6.78. The molecule has 2 aliphatic rings. The van der Waals surface area contributed by atoms with Gasteiger partial charge in [-0.1, -0.05) is 0 Å². The molecule has 2 rings (SSSR count). The third-order valence-electron chi connectivity index (χ3n) is 3.60. The van der Waals surface area contributed by atoms with Gasteiger partial charge in [0.05, 0.1) is 0 Å². The van der Waals surface area contributed by atoms with E-state index < -0.39 is 5.41 Å². The van der Waals surface area contributed by atoms with Gasteiger partial charge in [0, 0.05) is 12.6 Å². The van der Waals surface area contributed by atoms with Gasteiger partial charge < -0.3 is 15.5 Å². The average Bonchev–Trinajstić information content (AvgIpc) is 3.14. The summed E-state index contributed by atoms with van der Waals surface area (Å²) in [4.78, 5) is 26.1. The fourth-order valence-corrected chi connectivity index (χ4v) is 2.00. The summed E-state index contributed by atoms with van der Waals surface area (Å²) in [5.41, 5.74) is -0.735. The molecule has 5 nitrogen and oxygen atoms in total. The number of hydrogen-bond donors (Lipinski definition) is 2. The van der Waals surface area contributed by atoms with E-state index in [-0.39, 0.29) is 11.8 Å². The molecule has 0 saturated heterocycles. The number of nitrogens with zero attached hydrogens (tertiary/aromatic N) is 1. The maximum Gasteiger partial charge on any atom is 0.235 e. The van der Waals surface area contributed by atoms with Gasteiger partial charge in [0.15, 0.2) is 0 Å². The highest BCUT2D eigenvalue weighted by Gasteiger charge is 2.56. The molecule has 0 radical (unpaired) electrons. The Kier molecular flexibility index (Phi) is 3.90. The van der Waals surface area contributed by atoms with Gasteiger partial charge in [-0.25, -0.2) is 0 Å². The summed E-state index contributed by atoms with van der Waals surface area (Å²) in [5.74, 6) is -0.144. The summed E-state index contributed by atoms with van der Waals surface area (Å²) < 4.78 is 0. The summed E-state index contributed by atoms with van der Waals surface area (Å²) in [6.07, 6.45) is 4.44. The first-order valence-corrected chi connectivity index (χ1v) is 6.78. The van der Waals surface area contributed by atoms with Crippen molar-refractivity contribution in [2.75, 3.05) is 27.2 Å². The van der Waals surface area contributed by atoms with E-state index in [4.69, 9.17) is 0 Å². The SMILES string of the molecule is CN(C)CCCNC(=O)C1(C(=O)NC2CC2)CC1. The van der Waals surface area contributed by atoms with Crippen LogP contribution in [-0.4, -0.2) is 49.9 Å². The second kappa shape index (κ2) is 5.26. The van der Waals surface area contributed by atoms with E-state index in [0.717, 1.165) is 25.8 Å². The molecule has 2 saturated carbocycles. The third-order valence-corrected chi connectivity index (χ3v) is 3.60. The van der Waals surface area contributed by atoms with Crippen LogP contribution in [0.15, 0.2) is 0 Å². The van der Waals surface area contributed by atoms with E-state index in [9.17, 15) is 9.59 Å². The number of hydrogen-bond acceptors (Lipinski definition) is 3. The molecule has 0 atom stereocenters. The van der Waals surface area contributed by atoms with Gasteiger partial charge in [-0.3, -0.25) is 9.59 Å². The summed E-state index contributed by atoms with van der Waals surface area (Å²) >= 11 is 0. The standard InChI is InChI=1S/C13H23N3O2/c1-16(2)9-3-8-14-11(17)13(6-7-13)12(18)15-10-4-5-10/h10H,3-9H2,1-2H3,(H,14,17)(H,15,18). The van der Waals surface area contributed by atoms with Crippen molar-refractivity contribution in [2.45, 2.75) is 38.1 Å². The van der Waals surface area contributed by atoms with E-state index >= 15 is 0 Å². The lowest BCUT2D eigenvalue weighted by atomic mass is 10.1. The van der Waals surface area contributed by atoms with Crippen LogP contribution in [0.4, 0.5) is 0 Å². The number of amides is 2. The summed E-state index contributed by atoms with van der Waals surface area (Å²) in [7, 11) is 4.01. The second-order valence-electron chi connectivity index (χ2n) is 5.74. The molecular formula is C13H23N3O2. The summed E-state index contributed by atoms with van der Waals surface area (Å²) in [6.45, 7) is 1.59. The van der Waals surface area contributed by atoms with Gasteiger partial charge in [0.25, 0.3) is 0 Å². The van der Waals surface area contributed by atoms with Crippen molar-refractivity contribution in [3.05, 3.63) is 0 Å². The molecule has 0 unspecified atom stereocenters. The molecule has 2 fully saturated rings. The minimum atomic E-state index is -0.735. The Morgan fingerprint density at radius 2 is 1.89 bits per heavy atom. The van der Waals surface area contributed by atoms with Gasteiger partial charge in [-0.05, 0) is 52.7 Å². The smallest absolute Gasteiger partial charge is 0.235 e. The van der Waals surface area contributed by atoms with Gasteiger partial charge >= 0.3 is 0 Å². The Hall–Kier alpha value is -1.10. The highest BCUT2D eigenvalue weighted by molar-refractivity contribution is 6.08. The quantitative estimate of drug-likeness (QED) is 0.500. The zero-order valence-corrected chi connectivity index (χ0v) is 11.3. The van der Waals surface area contributed by atoms with Crippen molar-refractivity contribution in [2.24, 2.45) is 5.41 Å². The van der Waals surface area contributed by atoms with Crippen molar-refractivity contribution in [1.29, 1.82) is 0 Å². The van der Waals surface area contributed by atoms with Gasteiger partial charge in [0.1, 0.15) is 5.41 Å². The van der Waals surface area contributed by atoms with Gasteiger partial charge in [0.2, 0.25) is 11.8 Å². The lowest BCUT2D eigenvalue weighted by Gasteiger charge is -2.15. The fraction of sp³-hybridized carbons (Fsp3) is 0.846. The molecule has 0 spiro atoms. The Bertz CT molecular complexity index is 333. The maximum absolute atomic E-state index is 12.0. The molecule has 18 heavy (non-hydrogen) atoms. The van der Waals surface area contributed by atoms with Crippen molar-refractivity contribution in [1.82, 2.24) is 15.5 Å². The average molecular weight is 253 g/mol. The molecule has 0 aromatic rings. The zero-order chi connectivity index (χ0) is 13.2. The molecule has 102 valence electrons. The molecule has 0 aliphatic heterocycles. The maximum atomic E-state index is 12.0. The minimum Gasteiger partial charge on any atom is -0.355 e. The Morgan fingerprint density at radius 1 is 1.22 bits per heavy atom. The topological polar surface area (TPSA) is 61.4 Å². The van der Waals surface area contributed by atoms with Crippen molar-refractivity contribution in [3.63, 3.8) is 0 Å². The monoisotopic (exact) mass is 253 g/mol. The van der Waals surface area contributed by atoms with Crippen LogP contribution < -0.4 is 10.6 Å². The number of carbonyl (C=O) groups excluding carboxylic acids is 2. The highest BCUT2D eigenvalue weighted by Crippen LogP contribution is 2.46. The van der Waals surface area contributed by atoms with E-state index in [2.05, 4.69) is 15.5 Å². The summed E-state index contributed by atoms with van der Waals surface area (Å²) in [5, 5.41) is 5.83. The third kappa shape index (κ3) is 3.22. The molecule has 0 aromatic heterocycles. The lowest BCUT2D eigenvalue weighted by Crippen LogP contribution is -2.44. The largest absolute Gasteiger partial charge is 0.355 e. The molecule has 2 N–H and O–H groups in total. The van der Waals surface area contributed by atoms with Crippen molar-refractivity contribution < 1.29 is 9.59 Å². The first kappa shape index (κ1) is 13.3. The molecular weight excluding hydrogens is 230 g/mol. The molecule has 0 heterocycles. The Labute approximate surface area is 108 Å². The lowest BCUT2D eigenvalue weighted by molar-refractivity contribution is -0.137. The Morgan fingerprint density at radius 3 is 2.39 bits per heavy atom. The predicted molar refractivity (Wildman–Crippen MR) is 69.0 cm³/mol. The van der Waals surface area contributed by atoms with Crippen LogP contribution in [0.2, 0.25) is 0 Å². The first-order chi connectivity index (χ1) is 8.54. The van der Waals surface area contributed by atoms with E-state index in [1.54, 1.807) is 0 Å². The van der Waals surface area contributed by atoms with Crippen LogP contribution in [0.1, 0.15) is 32.1 Å². The zero-order valence-electron chi connectivity index (χ0n) is 11.3. The van der Waals surface area contributed by atoms with Crippen LogP contribution in [0.25, 0.3) is 0 Å². The molecule has 0 bridgehead atoms. The van der Waals surface area contributed by atoms with Crippen molar-refractivity contribution >= 4 is 11.8 Å². The predicted octanol–water partition coefficient (Wildman–Crippen LogP) is 0.113. The summed E-state index contributed by atoms with van der Waals surface area (Å²) in [6, 6.07) is 0.330. The Balaban J connectivity index is 1.71. The normalized spacial score (nSPS) is 20.6. The van der Waals surface area contributed by atoms with Crippen molar-refractivity contribution in [3.8, 4) is 0 Å². The number of rotatable bonds is 7. The van der Waals surface area contributed by atoms with Crippen LogP contribution in [0.5, 0.6) is 0 Å². The van der Waals surface area contributed by atoms with Gasteiger partial charge in [-0.15, -0.1) is 0 Å². The van der Waals surface area contributed by atoms with E-state index in [0.29, 0.717) is 25.4 Å². The molecule has 5 heteroatoms. The van der Waals surface area contributed by atoms with Crippen LogP contribution in [0, 0.1) is 5.41 Å². The highest BCUT2D eigenvalue weighted by atomic mass is 16.2. The molecule has 0 aromatic carbocycles. The van der Waals surface area contributed by atoms with E-state index in [1.165, 1.54) is 0 Å².